The molecular weight excluding hydrogens is 663 g/mol. The van der Waals surface area contributed by atoms with E-state index in [1.165, 1.54) is 0 Å². The molecule has 0 radical (unpaired) electrons. The van der Waals surface area contributed by atoms with Crippen LogP contribution in [0.5, 0.6) is 0 Å². The second-order valence-corrected chi connectivity index (χ2v) is 16.7. The molecule has 300 valence electrons. The Morgan fingerprint density at radius 1 is 0.392 bits per heavy atom. The molecule has 0 heterocycles. The average molecular weight is 742 g/mol. The Labute approximate surface area is 313 Å². The largest absolute Gasteiger partial charge is 0.303 e. The van der Waals surface area contributed by atoms with E-state index in [9.17, 15) is 32.1 Å². The van der Waals surface area contributed by atoms with Crippen molar-refractivity contribution in [2.45, 2.75) is 238 Å². The Balaban J connectivity index is 6.62. The first-order chi connectivity index (χ1) is 24.4. The summed E-state index contributed by atoms with van der Waals surface area (Å²) in [5.74, 6) is -3.90. The monoisotopic (exact) mass is 742 g/mol. The van der Waals surface area contributed by atoms with E-state index in [-0.39, 0.29) is 25.7 Å². The van der Waals surface area contributed by atoms with Gasteiger partial charge in [0.1, 0.15) is 0 Å². The molecule has 0 aromatic heterocycles. The first kappa shape index (κ1) is 49.6. The fourth-order valence-electron chi connectivity index (χ4n) is 7.35. The molecule has 0 amide bonds. The van der Waals surface area contributed by atoms with E-state index in [2.05, 4.69) is 27.7 Å². The molecule has 0 aromatic rings. The van der Waals surface area contributed by atoms with Gasteiger partial charge in [0, 0.05) is 25.7 Å². The molecular formula is C42H79NO7S. The third-order valence-electron chi connectivity index (χ3n) is 10.7. The van der Waals surface area contributed by atoms with E-state index in [0.29, 0.717) is 51.4 Å². The second-order valence-electron chi connectivity index (χ2n) is 15.1. The van der Waals surface area contributed by atoms with Gasteiger partial charge in [-0.3, -0.25) is 23.7 Å². The van der Waals surface area contributed by atoms with Crippen LogP contribution in [0, 0.1) is 5.41 Å². The van der Waals surface area contributed by atoms with E-state index in [1.54, 1.807) is 0 Å². The minimum atomic E-state index is -5.58. The predicted octanol–water partition coefficient (Wildman–Crippen LogP) is 11.4. The van der Waals surface area contributed by atoms with Crippen LogP contribution in [-0.4, -0.2) is 41.0 Å². The van der Waals surface area contributed by atoms with Crippen molar-refractivity contribution in [3.63, 3.8) is 0 Å². The van der Waals surface area contributed by atoms with Crippen molar-refractivity contribution in [2.24, 2.45) is 11.1 Å². The van der Waals surface area contributed by atoms with Gasteiger partial charge < -0.3 is 5.73 Å². The Hall–Kier alpha value is -1.45. The van der Waals surface area contributed by atoms with Crippen molar-refractivity contribution in [1.82, 2.24) is 0 Å². The average Bonchev–Trinajstić information content (AvgIpc) is 3.09. The number of nitrogens with two attached hydrogens (primary N) is 1. The summed E-state index contributed by atoms with van der Waals surface area (Å²) in [4.78, 5) is 54.3. The zero-order valence-corrected chi connectivity index (χ0v) is 34.3. The standard InChI is InChI=1S/C42H79NO7S/c1-5-9-13-17-21-25-29-33-37(44)41(38(45)34-30-26-22-18-14-10-6-2,39(46)35-31-27-23-19-15-11-7-3)42(43,51(48,49)50)40(47)36-32-28-24-20-16-12-8-4/h5-36,43H2,1-4H3,(H,48,49,50). The molecule has 8 nitrogen and oxygen atoms in total. The highest BCUT2D eigenvalue weighted by molar-refractivity contribution is 7.88. The number of hydrogen-bond acceptors (Lipinski definition) is 7. The summed E-state index contributed by atoms with van der Waals surface area (Å²) >= 11 is 0. The molecule has 0 rings (SSSR count). The highest BCUT2D eigenvalue weighted by atomic mass is 32.2. The van der Waals surface area contributed by atoms with Crippen LogP contribution in [0.4, 0.5) is 0 Å². The molecule has 0 fully saturated rings. The van der Waals surface area contributed by atoms with Crippen molar-refractivity contribution in [1.29, 1.82) is 0 Å². The van der Waals surface area contributed by atoms with Gasteiger partial charge in [0.2, 0.25) is 4.87 Å². The van der Waals surface area contributed by atoms with E-state index in [1.807, 2.05) is 0 Å². The second kappa shape index (κ2) is 29.9. The molecule has 51 heavy (non-hydrogen) atoms. The van der Waals surface area contributed by atoms with E-state index in [4.69, 9.17) is 5.73 Å². The molecule has 0 saturated carbocycles. The number of unbranched alkanes of at least 4 members (excludes halogenated alkanes) is 24. The highest BCUT2D eigenvalue weighted by Gasteiger charge is 2.71. The summed E-state index contributed by atoms with van der Waals surface area (Å²) in [6.07, 6.45) is 23.4. The van der Waals surface area contributed by atoms with Crippen molar-refractivity contribution >= 4 is 33.3 Å². The van der Waals surface area contributed by atoms with Gasteiger partial charge >= 0.3 is 0 Å². The number of ketones is 4. The lowest BCUT2D eigenvalue weighted by Gasteiger charge is -2.41. The van der Waals surface area contributed by atoms with Crippen LogP contribution in [0.3, 0.4) is 0 Å². The summed E-state index contributed by atoms with van der Waals surface area (Å²) in [6.45, 7) is 8.52. The molecule has 3 N–H and O–H groups in total. The van der Waals surface area contributed by atoms with Gasteiger partial charge in [0.05, 0.1) is 0 Å². The number of Topliss-reactive ketones (excluding diaryl/α,β-unsaturated/α-hetero) is 4. The zero-order valence-electron chi connectivity index (χ0n) is 33.5. The Kier molecular flexibility index (Phi) is 29.1. The zero-order chi connectivity index (χ0) is 38.4. The lowest BCUT2D eigenvalue weighted by Crippen LogP contribution is -2.74. The molecule has 0 spiro atoms. The van der Waals surface area contributed by atoms with Crippen LogP contribution in [0.25, 0.3) is 0 Å². The maximum atomic E-state index is 14.5. The van der Waals surface area contributed by atoms with Crippen LogP contribution in [0.1, 0.15) is 233 Å². The van der Waals surface area contributed by atoms with Gasteiger partial charge in [-0.15, -0.1) is 0 Å². The van der Waals surface area contributed by atoms with E-state index in [0.717, 1.165) is 128 Å². The van der Waals surface area contributed by atoms with Crippen LogP contribution in [0.15, 0.2) is 0 Å². The van der Waals surface area contributed by atoms with Gasteiger partial charge in [0.25, 0.3) is 10.1 Å². The number of hydrogen-bond donors (Lipinski definition) is 2. The van der Waals surface area contributed by atoms with Crippen molar-refractivity contribution < 1.29 is 32.1 Å². The van der Waals surface area contributed by atoms with Crippen molar-refractivity contribution in [3.05, 3.63) is 0 Å². The molecule has 0 aliphatic carbocycles. The van der Waals surface area contributed by atoms with Crippen LogP contribution >= 0.6 is 0 Å². The summed E-state index contributed by atoms with van der Waals surface area (Å²) in [6, 6.07) is 0. The molecule has 9 heteroatoms. The normalized spacial score (nSPS) is 13.3. The Morgan fingerprint density at radius 3 is 0.804 bits per heavy atom. The molecule has 0 aromatic carbocycles. The van der Waals surface area contributed by atoms with Gasteiger partial charge in [-0.2, -0.15) is 8.42 Å². The lowest BCUT2D eigenvalue weighted by atomic mass is 9.64. The van der Waals surface area contributed by atoms with E-state index < -0.39 is 43.5 Å². The van der Waals surface area contributed by atoms with Crippen molar-refractivity contribution in [3.8, 4) is 0 Å². The molecule has 1 unspecified atom stereocenters. The van der Waals surface area contributed by atoms with Crippen molar-refractivity contribution in [2.75, 3.05) is 0 Å². The molecule has 0 bridgehead atoms. The van der Waals surface area contributed by atoms with Gasteiger partial charge in [-0.1, -0.05) is 182 Å². The molecule has 0 aliphatic rings. The smallest absolute Gasteiger partial charge is 0.293 e. The van der Waals surface area contributed by atoms with Gasteiger partial charge in [-0.05, 0) is 25.7 Å². The van der Waals surface area contributed by atoms with Crippen LogP contribution < -0.4 is 5.73 Å². The third-order valence-corrected chi connectivity index (χ3v) is 12.0. The Bertz CT molecular complexity index is 983. The molecule has 0 saturated heterocycles. The van der Waals surface area contributed by atoms with Gasteiger partial charge in [0.15, 0.2) is 28.5 Å². The minimum Gasteiger partial charge on any atom is -0.303 e. The summed E-state index contributed by atoms with van der Waals surface area (Å²) < 4.78 is 37.7. The summed E-state index contributed by atoms with van der Waals surface area (Å²) in [7, 11) is -5.58. The number of rotatable bonds is 38. The number of carbonyl (C=O) groups is 4. The molecule has 0 aliphatic heterocycles. The summed E-state index contributed by atoms with van der Waals surface area (Å²) in [5, 5.41) is 0. The first-order valence-electron chi connectivity index (χ1n) is 21.3. The van der Waals surface area contributed by atoms with Crippen LogP contribution in [-0.2, 0) is 29.3 Å². The maximum absolute atomic E-state index is 14.5. The quantitative estimate of drug-likeness (QED) is 0.0361. The maximum Gasteiger partial charge on any atom is 0.293 e. The SMILES string of the molecule is CCCCCCCCCC(=O)C(C(=O)CCCCCCCCC)(C(=O)CCCCCCCCC)C(N)(C(=O)CCCCCCCCC)S(=O)(=O)O. The van der Waals surface area contributed by atoms with Gasteiger partial charge in [-0.25, -0.2) is 0 Å². The highest BCUT2D eigenvalue weighted by Crippen LogP contribution is 2.43. The fraction of sp³-hybridized carbons (Fsp3) is 0.905. The Morgan fingerprint density at radius 2 is 0.588 bits per heavy atom. The number of carbonyl (C=O) groups excluding carboxylic acids is 4. The predicted molar refractivity (Wildman–Crippen MR) is 211 cm³/mol. The van der Waals surface area contributed by atoms with E-state index >= 15 is 0 Å². The summed E-state index contributed by atoms with van der Waals surface area (Å²) in [5.41, 5.74) is 3.62. The fourth-order valence-corrected chi connectivity index (χ4v) is 8.47. The minimum absolute atomic E-state index is 0.252. The lowest BCUT2D eigenvalue weighted by molar-refractivity contribution is -0.156. The first-order valence-corrected chi connectivity index (χ1v) is 22.8. The molecule has 1 atom stereocenters. The third kappa shape index (κ3) is 18.0. The topological polar surface area (TPSA) is 149 Å². The van der Waals surface area contributed by atoms with Crippen LogP contribution in [0.2, 0.25) is 0 Å².